The number of carbonyl (C=O) groups excluding carboxylic acids is 2. The number of nitrogens with zero attached hydrogens (tertiary/aromatic N) is 1. The molecule has 0 heterocycles. The molecule has 2 aromatic carbocycles. The fourth-order valence-corrected chi connectivity index (χ4v) is 3.41. The lowest BCUT2D eigenvalue weighted by Crippen LogP contribution is -2.49. The Kier molecular flexibility index (Phi) is 9.30. The van der Waals surface area contributed by atoms with Crippen LogP contribution in [0.5, 0.6) is 5.75 Å². The van der Waals surface area contributed by atoms with Crippen molar-refractivity contribution in [1.29, 1.82) is 0 Å². The zero-order chi connectivity index (χ0) is 22.1. The normalized spacial score (nSPS) is 11.6. The maximum atomic E-state index is 13.2. The molecule has 2 amide bonds. The van der Waals surface area contributed by atoms with Gasteiger partial charge in [0.1, 0.15) is 17.6 Å². The van der Waals surface area contributed by atoms with Gasteiger partial charge in [0.05, 0.1) is 4.47 Å². The molecular weight excluding hydrogens is 451 g/mol. The van der Waals surface area contributed by atoms with Crippen LogP contribution < -0.4 is 10.1 Å². The van der Waals surface area contributed by atoms with E-state index in [9.17, 15) is 14.0 Å². The number of amides is 2. The first kappa shape index (κ1) is 23.9. The Hall–Kier alpha value is -2.41. The topological polar surface area (TPSA) is 58.6 Å². The van der Waals surface area contributed by atoms with Crippen LogP contribution in [-0.2, 0) is 22.6 Å². The lowest BCUT2D eigenvalue weighted by Gasteiger charge is -2.28. The summed E-state index contributed by atoms with van der Waals surface area (Å²) in [7, 11) is 0. The highest BCUT2D eigenvalue weighted by Gasteiger charge is 2.26. The minimum absolute atomic E-state index is 0.180. The summed E-state index contributed by atoms with van der Waals surface area (Å²) in [5, 5.41) is 2.82. The van der Waals surface area contributed by atoms with Gasteiger partial charge < -0.3 is 15.0 Å². The molecule has 0 fully saturated rings. The van der Waals surface area contributed by atoms with E-state index in [1.165, 1.54) is 17.0 Å². The zero-order valence-electron chi connectivity index (χ0n) is 17.6. The Morgan fingerprint density at radius 3 is 2.40 bits per heavy atom. The van der Waals surface area contributed by atoms with Crippen LogP contribution in [0.4, 0.5) is 4.39 Å². The smallest absolute Gasteiger partial charge is 0.261 e. The van der Waals surface area contributed by atoms with E-state index in [1.54, 1.807) is 19.1 Å². The minimum Gasteiger partial charge on any atom is -0.483 e. The van der Waals surface area contributed by atoms with Crippen molar-refractivity contribution in [2.75, 3.05) is 13.2 Å². The molecule has 0 aliphatic rings. The molecule has 5 nitrogen and oxygen atoms in total. The van der Waals surface area contributed by atoms with Crippen molar-refractivity contribution >= 4 is 27.7 Å². The van der Waals surface area contributed by atoms with Crippen molar-refractivity contribution < 1.29 is 18.7 Å². The Morgan fingerprint density at radius 1 is 1.13 bits per heavy atom. The molecule has 2 aromatic rings. The number of nitrogens with one attached hydrogen (secondary N) is 1. The first-order chi connectivity index (χ1) is 14.3. The van der Waals surface area contributed by atoms with Crippen LogP contribution in [0.2, 0.25) is 0 Å². The van der Waals surface area contributed by atoms with Gasteiger partial charge in [-0.1, -0.05) is 32.0 Å². The zero-order valence-corrected chi connectivity index (χ0v) is 19.2. The van der Waals surface area contributed by atoms with Gasteiger partial charge >= 0.3 is 0 Å². The maximum absolute atomic E-state index is 13.2. The van der Waals surface area contributed by atoms with Gasteiger partial charge in [-0.05, 0) is 71.1 Å². The highest BCUT2D eigenvalue weighted by molar-refractivity contribution is 9.10. The number of hydrogen-bond donors (Lipinski definition) is 1. The van der Waals surface area contributed by atoms with E-state index in [2.05, 4.69) is 28.2 Å². The molecule has 0 aromatic heterocycles. The molecule has 30 heavy (non-hydrogen) atoms. The standard InChI is InChI=1S/C23H28BrFN2O3/c1-4-12-26-23(29)16(3)27(14-18-6-9-19(25)10-7-18)22(28)15-30-21-11-8-17(5-2)13-20(21)24/h6-11,13,16H,4-5,12,14-15H2,1-3H3,(H,26,29). The van der Waals surface area contributed by atoms with Crippen LogP contribution in [0.1, 0.15) is 38.3 Å². The summed E-state index contributed by atoms with van der Waals surface area (Å²) in [6, 6.07) is 10.9. The number of rotatable bonds is 10. The lowest BCUT2D eigenvalue weighted by atomic mass is 10.1. The molecule has 0 aliphatic carbocycles. The summed E-state index contributed by atoms with van der Waals surface area (Å²) >= 11 is 3.47. The van der Waals surface area contributed by atoms with Gasteiger partial charge in [-0.3, -0.25) is 9.59 Å². The molecular formula is C23H28BrFN2O3. The Morgan fingerprint density at radius 2 is 1.80 bits per heavy atom. The van der Waals surface area contributed by atoms with Gasteiger partial charge in [-0.15, -0.1) is 0 Å². The van der Waals surface area contributed by atoms with E-state index in [0.29, 0.717) is 12.3 Å². The van der Waals surface area contributed by atoms with Gasteiger partial charge in [-0.25, -0.2) is 4.39 Å². The number of benzene rings is 2. The van der Waals surface area contributed by atoms with Crippen molar-refractivity contribution in [3.8, 4) is 5.75 Å². The SMILES string of the molecule is CCCNC(=O)C(C)N(Cc1ccc(F)cc1)C(=O)COc1ccc(CC)cc1Br. The summed E-state index contributed by atoms with van der Waals surface area (Å²) in [5.41, 5.74) is 1.88. The fourth-order valence-electron chi connectivity index (χ4n) is 2.87. The largest absolute Gasteiger partial charge is 0.483 e. The molecule has 1 atom stereocenters. The van der Waals surface area contributed by atoms with E-state index in [1.807, 2.05) is 25.1 Å². The van der Waals surface area contributed by atoms with Crippen molar-refractivity contribution in [2.45, 2.75) is 46.2 Å². The molecule has 0 spiro atoms. The van der Waals surface area contributed by atoms with Crippen LogP contribution >= 0.6 is 15.9 Å². The number of hydrogen-bond acceptors (Lipinski definition) is 3. The third-order valence-electron chi connectivity index (χ3n) is 4.74. The molecule has 0 aliphatic heterocycles. The molecule has 2 rings (SSSR count). The van der Waals surface area contributed by atoms with Crippen LogP contribution in [0.25, 0.3) is 0 Å². The number of halogens is 2. The van der Waals surface area contributed by atoms with Crippen LogP contribution in [0, 0.1) is 5.82 Å². The van der Waals surface area contributed by atoms with Gasteiger partial charge in [0.2, 0.25) is 5.91 Å². The van der Waals surface area contributed by atoms with Crippen LogP contribution in [-0.4, -0.2) is 35.9 Å². The Bertz CT molecular complexity index is 858. The monoisotopic (exact) mass is 478 g/mol. The lowest BCUT2D eigenvalue weighted by molar-refractivity contribution is -0.142. The second kappa shape index (κ2) is 11.7. The first-order valence-corrected chi connectivity index (χ1v) is 10.9. The summed E-state index contributed by atoms with van der Waals surface area (Å²) in [4.78, 5) is 26.9. The van der Waals surface area contributed by atoms with Gasteiger partial charge in [0, 0.05) is 13.1 Å². The molecule has 0 radical (unpaired) electrons. The molecule has 1 N–H and O–H groups in total. The van der Waals surface area contributed by atoms with E-state index < -0.39 is 6.04 Å². The quantitative estimate of drug-likeness (QED) is 0.547. The van der Waals surface area contributed by atoms with Crippen molar-refractivity contribution in [3.05, 3.63) is 63.9 Å². The van der Waals surface area contributed by atoms with Gasteiger partial charge in [0.15, 0.2) is 6.61 Å². The molecule has 162 valence electrons. The van der Waals surface area contributed by atoms with Crippen molar-refractivity contribution in [2.24, 2.45) is 0 Å². The molecule has 0 saturated carbocycles. The van der Waals surface area contributed by atoms with Gasteiger partial charge in [-0.2, -0.15) is 0 Å². The summed E-state index contributed by atoms with van der Waals surface area (Å²) < 4.78 is 19.7. The minimum atomic E-state index is -0.691. The van der Waals surface area contributed by atoms with E-state index in [-0.39, 0.29) is 30.8 Å². The third kappa shape index (κ3) is 6.83. The van der Waals surface area contributed by atoms with Crippen LogP contribution in [0.15, 0.2) is 46.9 Å². The Balaban J connectivity index is 2.14. The van der Waals surface area contributed by atoms with Crippen molar-refractivity contribution in [1.82, 2.24) is 10.2 Å². The first-order valence-electron chi connectivity index (χ1n) is 10.1. The second-order valence-corrected chi connectivity index (χ2v) is 7.88. The second-order valence-electron chi connectivity index (χ2n) is 7.02. The van der Waals surface area contributed by atoms with Crippen LogP contribution in [0.3, 0.4) is 0 Å². The summed E-state index contributed by atoms with van der Waals surface area (Å²) in [6.45, 7) is 6.20. The number of aryl methyl sites for hydroxylation is 1. The highest BCUT2D eigenvalue weighted by atomic mass is 79.9. The highest BCUT2D eigenvalue weighted by Crippen LogP contribution is 2.26. The average molecular weight is 479 g/mol. The van der Waals surface area contributed by atoms with Crippen molar-refractivity contribution in [3.63, 3.8) is 0 Å². The predicted octanol–water partition coefficient (Wildman–Crippen LogP) is 4.47. The number of ether oxygens (including phenoxy) is 1. The van der Waals surface area contributed by atoms with E-state index >= 15 is 0 Å². The summed E-state index contributed by atoms with van der Waals surface area (Å²) in [6.07, 6.45) is 1.70. The fraction of sp³-hybridized carbons (Fsp3) is 0.391. The maximum Gasteiger partial charge on any atom is 0.261 e. The molecule has 0 saturated heterocycles. The van der Waals surface area contributed by atoms with E-state index in [0.717, 1.165) is 28.4 Å². The third-order valence-corrected chi connectivity index (χ3v) is 5.36. The molecule has 7 heteroatoms. The molecule has 0 bridgehead atoms. The van der Waals surface area contributed by atoms with Gasteiger partial charge in [0.25, 0.3) is 5.91 Å². The molecule has 1 unspecified atom stereocenters. The number of carbonyl (C=O) groups is 2. The average Bonchev–Trinajstić information content (AvgIpc) is 2.75. The predicted molar refractivity (Wildman–Crippen MR) is 119 cm³/mol. The van der Waals surface area contributed by atoms with E-state index in [4.69, 9.17) is 4.74 Å². The summed E-state index contributed by atoms with van der Waals surface area (Å²) in [5.74, 6) is -0.356. The Labute approximate surface area is 185 Å².